The minimum atomic E-state index is -0.0811. The normalized spacial score (nSPS) is 10.3. The zero-order valence-corrected chi connectivity index (χ0v) is 14.6. The summed E-state index contributed by atoms with van der Waals surface area (Å²) in [5, 5.41) is 2.88. The lowest BCUT2D eigenvalue weighted by atomic mass is 10.2. The fourth-order valence-electron chi connectivity index (χ4n) is 2.10. The van der Waals surface area contributed by atoms with Gasteiger partial charge < -0.3 is 14.8 Å². The van der Waals surface area contributed by atoms with Crippen molar-refractivity contribution in [1.82, 2.24) is 0 Å². The van der Waals surface area contributed by atoms with Gasteiger partial charge in [0.1, 0.15) is 11.5 Å². The van der Waals surface area contributed by atoms with E-state index in [9.17, 15) is 4.79 Å². The molecule has 0 aliphatic rings. The number of methoxy groups -OCH3 is 2. The third-order valence-electron chi connectivity index (χ3n) is 3.38. The Hall–Kier alpha value is -2.14. The molecule has 0 heterocycles. The average Bonchev–Trinajstić information content (AvgIpc) is 2.55. The summed E-state index contributed by atoms with van der Waals surface area (Å²) in [4.78, 5) is 13.3. The summed E-state index contributed by atoms with van der Waals surface area (Å²) in [6.07, 6.45) is 0. The van der Waals surface area contributed by atoms with E-state index in [0.29, 0.717) is 22.9 Å². The first-order chi connectivity index (χ1) is 11.0. The van der Waals surface area contributed by atoms with Gasteiger partial charge in [0, 0.05) is 11.0 Å². The van der Waals surface area contributed by atoms with Crippen LogP contribution in [0, 0.1) is 13.8 Å². The molecule has 2 aromatic carbocycles. The molecule has 122 valence electrons. The van der Waals surface area contributed by atoms with Crippen molar-refractivity contribution in [3.63, 3.8) is 0 Å². The van der Waals surface area contributed by atoms with Gasteiger partial charge in [0.25, 0.3) is 0 Å². The average molecular weight is 331 g/mol. The lowest BCUT2D eigenvalue weighted by molar-refractivity contribution is -0.113. The molecular weight excluding hydrogens is 310 g/mol. The summed E-state index contributed by atoms with van der Waals surface area (Å²) in [7, 11) is 3.16. The molecule has 0 aliphatic carbocycles. The summed E-state index contributed by atoms with van der Waals surface area (Å²) in [5.41, 5.74) is 2.97. The van der Waals surface area contributed by atoms with Gasteiger partial charge in [-0.2, -0.15) is 0 Å². The second-order valence-corrected chi connectivity index (χ2v) is 6.19. The molecule has 1 N–H and O–H groups in total. The number of carbonyl (C=O) groups is 1. The summed E-state index contributed by atoms with van der Waals surface area (Å²) >= 11 is 1.53. The maximum absolute atomic E-state index is 12.2. The van der Waals surface area contributed by atoms with Crippen LogP contribution in [0.5, 0.6) is 11.5 Å². The number of ether oxygens (including phenoxy) is 2. The third-order valence-corrected chi connectivity index (χ3v) is 4.54. The Morgan fingerprint density at radius 2 is 1.87 bits per heavy atom. The first-order valence-corrected chi connectivity index (χ1v) is 8.24. The molecule has 0 bridgehead atoms. The van der Waals surface area contributed by atoms with Crippen LogP contribution in [0.2, 0.25) is 0 Å². The van der Waals surface area contributed by atoms with Gasteiger partial charge in [-0.25, -0.2) is 0 Å². The molecule has 0 saturated heterocycles. The quantitative estimate of drug-likeness (QED) is 0.811. The zero-order valence-electron chi connectivity index (χ0n) is 13.8. The van der Waals surface area contributed by atoms with E-state index in [1.165, 1.54) is 22.9 Å². The van der Waals surface area contributed by atoms with Crippen molar-refractivity contribution in [3.05, 3.63) is 47.5 Å². The highest BCUT2D eigenvalue weighted by Gasteiger charge is 2.10. The van der Waals surface area contributed by atoms with Gasteiger partial charge in [-0.05, 0) is 37.6 Å². The lowest BCUT2D eigenvalue weighted by Crippen LogP contribution is -2.14. The van der Waals surface area contributed by atoms with Gasteiger partial charge in [0.15, 0.2) is 0 Å². The summed E-state index contributed by atoms with van der Waals surface area (Å²) in [6, 6.07) is 11.5. The van der Waals surface area contributed by atoms with Crippen LogP contribution in [-0.4, -0.2) is 25.9 Å². The molecule has 0 aromatic heterocycles. The number of amides is 1. The van der Waals surface area contributed by atoms with Crippen molar-refractivity contribution in [2.75, 3.05) is 25.3 Å². The summed E-state index contributed by atoms with van der Waals surface area (Å²) in [6.45, 7) is 4.09. The largest absolute Gasteiger partial charge is 0.497 e. The number of thioether (sulfide) groups is 1. The second-order valence-electron chi connectivity index (χ2n) is 5.17. The van der Waals surface area contributed by atoms with Gasteiger partial charge in [-0.3, -0.25) is 4.79 Å². The highest BCUT2D eigenvalue weighted by atomic mass is 32.2. The number of carbonyl (C=O) groups excluding carboxylic acids is 1. The van der Waals surface area contributed by atoms with Crippen molar-refractivity contribution >= 4 is 23.4 Å². The van der Waals surface area contributed by atoms with Crippen LogP contribution in [0.15, 0.2) is 41.3 Å². The molecule has 4 nitrogen and oxygen atoms in total. The van der Waals surface area contributed by atoms with E-state index in [-0.39, 0.29) is 5.91 Å². The fourth-order valence-corrected chi connectivity index (χ4v) is 3.03. The van der Waals surface area contributed by atoms with E-state index in [4.69, 9.17) is 9.47 Å². The molecule has 0 spiro atoms. The molecule has 1 amide bonds. The first-order valence-electron chi connectivity index (χ1n) is 7.25. The number of hydrogen-bond donors (Lipinski definition) is 1. The van der Waals surface area contributed by atoms with Crippen LogP contribution in [0.1, 0.15) is 11.1 Å². The van der Waals surface area contributed by atoms with Crippen LogP contribution >= 0.6 is 11.8 Å². The van der Waals surface area contributed by atoms with Crippen molar-refractivity contribution in [3.8, 4) is 11.5 Å². The number of nitrogens with one attached hydrogen (secondary N) is 1. The molecule has 2 rings (SSSR count). The van der Waals surface area contributed by atoms with E-state index < -0.39 is 0 Å². The minimum absolute atomic E-state index is 0.0811. The predicted octanol–water partition coefficient (Wildman–Crippen LogP) is 4.05. The van der Waals surface area contributed by atoms with Crippen LogP contribution in [-0.2, 0) is 4.79 Å². The SMILES string of the molecule is COc1ccc(OC)c(NC(=O)CSc2cc(C)ccc2C)c1. The van der Waals surface area contributed by atoms with Gasteiger partial charge in [-0.15, -0.1) is 11.8 Å². The molecule has 5 heteroatoms. The van der Waals surface area contributed by atoms with E-state index in [2.05, 4.69) is 23.5 Å². The van der Waals surface area contributed by atoms with Gasteiger partial charge >= 0.3 is 0 Å². The second kappa shape index (κ2) is 7.92. The van der Waals surface area contributed by atoms with Crippen LogP contribution in [0.4, 0.5) is 5.69 Å². The number of rotatable bonds is 6. The van der Waals surface area contributed by atoms with Gasteiger partial charge in [0.2, 0.25) is 5.91 Å². The number of hydrogen-bond acceptors (Lipinski definition) is 4. The van der Waals surface area contributed by atoms with E-state index in [1.54, 1.807) is 32.4 Å². The Labute approximate surface area is 141 Å². The molecule has 0 saturated carbocycles. The van der Waals surface area contributed by atoms with Crippen LogP contribution in [0.3, 0.4) is 0 Å². The van der Waals surface area contributed by atoms with E-state index in [1.807, 2.05) is 13.8 Å². The number of benzene rings is 2. The summed E-state index contributed by atoms with van der Waals surface area (Å²) in [5.74, 6) is 1.53. The minimum Gasteiger partial charge on any atom is -0.497 e. The Balaban J connectivity index is 2.03. The monoisotopic (exact) mass is 331 g/mol. The lowest BCUT2D eigenvalue weighted by Gasteiger charge is -2.12. The molecule has 23 heavy (non-hydrogen) atoms. The van der Waals surface area contributed by atoms with Gasteiger partial charge in [0.05, 0.1) is 25.7 Å². The molecule has 0 fully saturated rings. The van der Waals surface area contributed by atoms with E-state index in [0.717, 1.165) is 4.90 Å². The van der Waals surface area contributed by atoms with Crippen LogP contribution < -0.4 is 14.8 Å². The molecule has 0 aliphatic heterocycles. The Kier molecular flexibility index (Phi) is 5.93. The Morgan fingerprint density at radius 1 is 1.09 bits per heavy atom. The number of aryl methyl sites for hydroxylation is 2. The summed E-state index contributed by atoms with van der Waals surface area (Å²) < 4.78 is 10.4. The fraction of sp³-hybridized carbons (Fsp3) is 0.278. The molecule has 0 radical (unpaired) electrons. The van der Waals surface area contributed by atoms with Crippen molar-refractivity contribution < 1.29 is 14.3 Å². The standard InChI is InChI=1S/C18H21NO3S/c1-12-5-6-13(2)17(9-12)23-11-18(20)19-15-10-14(21-3)7-8-16(15)22-4/h5-10H,11H2,1-4H3,(H,19,20). The predicted molar refractivity (Wildman–Crippen MR) is 94.8 cm³/mol. The van der Waals surface area contributed by atoms with Crippen molar-refractivity contribution in [2.45, 2.75) is 18.7 Å². The molecule has 0 atom stereocenters. The molecule has 2 aromatic rings. The van der Waals surface area contributed by atoms with Crippen molar-refractivity contribution in [2.24, 2.45) is 0 Å². The Morgan fingerprint density at radius 3 is 2.57 bits per heavy atom. The number of anilines is 1. The van der Waals surface area contributed by atoms with Gasteiger partial charge in [-0.1, -0.05) is 17.7 Å². The van der Waals surface area contributed by atoms with E-state index >= 15 is 0 Å². The Bertz CT molecular complexity index is 701. The molecule has 0 unspecified atom stereocenters. The maximum Gasteiger partial charge on any atom is 0.234 e. The molecular formula is C18H21NO3S. The smallest absolute Gasteiger partial charge is 0.234 e. The van der Waals surface area contributed by atoms with Crippen molar-refractivity contribution in [1.29, 1.82) is 0 Å². The highest BCUT2D eigenvalue weighted by Crippen LogP contribution is 2.29. The first kappa shape index (κ1) is 17.2. The maximum atomic E-state index is 12.2. The zero-order chi connectivity index (χ0) is 16.8. The van der Waals surface area contributed by atoms with Crippen LogP contribution in [0.25, 0.3) is 0 Å². The highest BCUT2D eigenvalue weighted by molar-refractivity contribution is 8.00. The third kappa shape index (κ3) is 4.66. The topological polar surface area (TPSA) is 47.6 Å².